The van der Waals surface area contributed by atoms with Crippen LogP contribution in [-0.2, 0) is 6.54 Å². The van der Waals surface area contributed by atoms with Crippen LogP contribution in [0.5, 0.6) is 11.5 Å². The third-order valence-electron chi connectivity index (χ3n) is 2.99. The fourth-order valence-corrected chi connectivity index (χ4v) is 1.93. The number of nitrogens with zero attached hydrogens (tertiary/aromatic N) is 1. The van der Waals surface area contributed by atoms with E-state index in [4.69, 9.17) is 9.47 Å². The molecule has 19 heavy (non-hydrogen) atoms. The normalized spacial score (nSPS) is 10.1. The number of hydrogen-bond donors (Lipinski definition) is 1. The topological polar surface area (TPSA) is 43.4 Å². The molecule has 1 aromatic heterocycles. The molecule has 0 aliphatic rings. The monoisotopic (exact) mass is 258 g/mol. The van der Waals surface area contributed by atoms with E-state index in [-0.39, 0.29) is 0 Å². The number of pyridine rings is 1. The van der Waals surface area contributed by atoms with Crippen LogP contribution in [0.1, 0.15) is 11.1 Å². The largest absolute Gasteiger partial charge is 0.493 e. The second-order valence-corrected chi connectivity index (χ2v) is 4.20. The molecule has 0 bridgehead atoms. The van der Waals surface area contributed by atoms with Gasteiger partial charge >= 0.3 is 0 Å². The Morgan fingerprint density at radius 3 is 2.68 bits per heavy atom. The summed E-state index contributed by atoms with van der Waals surface area (Å²) in [6.07, 6.45) is 3.61. The first kappa shape index (κ1) is 13.2. The maximum atomic E-state index is 5.41. The van der Waals surface area contributed by atoms with Crippen LogP contribution in [0.15, 0.2) is 36.7 Å². The Morgan fingerprint density at radius 2 is 2.00 bits per heavy atom. The molecule has 2 rings (SSSR count). The highest BCUT2D eigenvalue weighted by Gasteiger charge is 2.09. The number of benzene rings is 1. The van der Waals surface area contributed by atoms with Gasteiger partial charge in [-0.05, 0) is 24.6 Å². The van der Waals surface area contributed by atoms with E-state index in [1.165, 1.54) is 0 Å². The fourth-order valence-electron chi connectivity index (χ4n) is 1.93. The molecule has 0 saturated heterocycles. The number of methoxy groups -OCH3 is 2. The quantitative estimate of drug-likeness (QED) is 0.895. The molecular weight excluding hydrogens is 240 g/mol. The van der Waals surface area contributed by atoms with E-state index in [1.807, 2.05) is 37.4 Å². The molecule has 0 fully saturated rings. The molecule has 1 N–H and O–H groups in total. The molecule has 0 radical (unpaired) electrons. The molecule has 0 atom stereocenters. The van der Waals surface area contributed by atoms with Crippen molar-refractivity contribution < 1.29 is 9.47 Å². The van der Waals surface area contributed by atoms with E-state index in [2.05, 4.69) is 10.3 Å². The minimum absolute atomic E-state index is 0.660. The molecule has 100 valence electrons. The number of aryl methyl sites for hydroxylation is 1. The summed E-state index contributed by atoms with van der Waals surface area (Å²) in [5.41, 5.74) is 3.23. The Kier molecular flexibility index (Phi) is 4.23. The summed E-state index contributed by atoms with van der Waals surface area (Å²) in [5, 5.41) is 3.36. The van der Waals surface area contributed by atoms with Gasteiger partial charge in [-0.3, -0.25) is 4.98 Å². The lowest BCUT2D eigenvalue weighted by atomic mass is 10.1. The minimum Gasteiger partial charge on any atom is -0.493 e. The molecule has 0 spiro atoms. The summed E-state index contributed by atoms with van der Waals surface area (Å²) < 4.78 is 10.7. The van der Waals surface area contributed by atoms with Crippen LogP contribution in [-0.4, -0.2) is 19.2 Å². The zero-order valence-electron chi connectivity index (χ0n) is 11.4. The van der Waals surface area contributed by atoms with Crippen LogP contribution in [0.3, 0.4) is 0 Å². The van der Waals surface area contributed by atoms with Gasteiger partial charge in [-0.15, -0.1) is 0 Å². The lowest BCUT2D eigenvalue weighted by Crippen LogP contribution is -2.04. The Balaban J connectivity index is 2.18. The van der Waals surface area contributed by atoms with Gasteiger partial charge in [0.25, 0.3) is 0 Å². The summed E-state index contributed by atoms with van der Waals surface area (Å²) in [4.78, 5) is 4.12. The predicted octanol–water partition coefficient (Wildman–Crippen LogP) is 3.02. The van der Waals surface area contributed by atoms with E-state index in [9.17, 15) is 0 Å². The number of ether oxygens (including phenoxy) is 2. The maximum Gasteiger partial charge on any atom is 0.165 e. The molecule has 0 aliphatic heterocycles. The van der Waals surface area contributed by atoms with Gasteiger partial charge in [-0.1, -0.05) is 12.1 Å². The third-order valence-corrected chi connectivity index (χ3v) is 2.99. The van der Waals surface area contributed by atoms with Crippen LogP contribution < -0.4 is 14.8 Å². The third kappa shape index (κ3) is 2.96. The van der Waals surface area contributed by atoms with Gasteiger partial charge in [0.05, 0.1) is 26.1 Å². The van der Waals surface area contributed by atoms with E-state index < -0.39 is 0 Å². The van der Waals surface area contributed by atoms with Gasteiger partial charge < -0.3 is 14.8 Å². The zero-order valence-corrected chi connectivity index (χ0v) is 11.4. The van der Waals surface area contributed by atoms with Gasteiger partial charge in [0.2, 0.25) is 0 Å². The van der Waals surface area contributed by atoms with Crippen molar-refractivity contribution in [1.82, 2.24) is 4.98 Å². The van der Waals surface area contributed by atoms with E-state index in [0.29, 0.717) is 6.54 Å². The van der Waals surface area contributed by atoms with Crippen LogP contribution in [0, 0.1) is 6.92 Å². The SMILES string of the molecule is COc1cccc(CNc2cnccc2C)c1OC. The van der Waals surface area contributed by atoms with Gasteiger partial charge in [0.1, 0.15) is 0 Å². The predicted molar refractivity (Wildman–Crippen MR) is 75.8 cm³/mol. The summed E-state index contributed by atoms with van der Waals surface area (Å²) in [5.74, 6) is 1.50. The van der Waals surface area contributed by atoms with Gasteiger partial charge in [-0.25, -0.2) is 0 Å². The zero-order chi connectivity index (χ0) is 13.7. The first-order chi connectivity index (χ1) is 9.26. The van der Waals surface area contributed by atoms with Crippen molar-refractivity contribution in [1.29, 1.82) is 0 Å². The number of para-hydroxylation sites is 1. The molecule has 0 saturated carbocycles. The Bertz CT molecular complexity index is 556. The highest BCUT2D eigenvalue weighted by molar-refractivity contribution is 5.51. The molecule has 1 aromatic carbocycles. The lowest BCUT2D eigenvalue weighted by molar-refractivity contribution is 0.352. The smallest absolute Gasteiger partial charge is 0.165 e. The van der Waals surface area contributed by atoms with E-state index in [1.54, 1.807) is 20.4 Å². The molecular formula is C15H18N2O2. The highest BCUT2D eigenvalue weighted by atomic mass is 16.5. The summed E-state index contributed by atoms with van der Waals surface area (Å²) in [6, 6.07) is 7.83. The second-order valence-electron chi connectivity index (χ2n) is 4.20. The molecule has 2 aromatic rings. The van der Waals surface area contributed by atoms with Gasteiger partial charge in [0.15, 0.2) is 11.5 Å². The summed E-state index contributed by atoms with van der Waals surface area (Å²) >= 11 is 0. The standard InChI is InChI=1S/C15H18N2O2/c1-11-7-8-16-10-13(11)17-9-12-5-4-6-14(18-2)15(12)19-3/h4-8,10,17H,9H2,1-3H3. The van der Waals surface area contributed by atoms with Crippen molar-refractivity contribution in [2.24, 2.45) is 0 Å². The van der Waals surface area contributed by atoms with Gasteiger partial charge in [0, 0.05) is 18.3 Å². The number of rotatable bonds is 5. The molecule has 0 unspecified atom stereocenters. The van der Waals surface area contributed by atoms with Crippen molar-refractivity contribution in [3.05, 3.63) is 47.8 Å². The second kappa shape index (κ2) is 6.09. The lowest BCUT2D eigenvalue weighted by Gasteiger charge is -2.14. The van der Waals surface area contributed by atoms with Crippen LogP contribution in [0.25, 0.3) is 0 Å². The highest BCUT2D eigenvalue weighted by Crippen LogP contribution is 2.31. The van der Waals surface area contributed by atoms with Crippen LogP contribution in [0.2, 0.25) is 0 Å². The van der Waals surface area contributed by atoms with Crippen molar-refractivity contribution in [3.63, 3.8) is 0 Å². The van der Waals surface area contributed by atoms with E-state index in [0.717, 1.165) is 28.3 Å². The van der Waals surface area contributed by atoms with Crippen LogP contribution in [0.4, 0.5) is 5.69 Å². The molecule has 4 heteroatoms. The first-order valence-electron chi connectivity index (χ1n) is 6.10. The van der Waals surface area contributed by atoms with Crippen molar-refractivity contribution >= 4 is 5.69 Å². The molecule has 0 aliphatic carbocycles. The van der Waals surface area contributed by atoms with Crippen molar-refractivity contribution in [2.45, 2.75) is 13.5 Å². The van der Waals surface area contributed by atoms with Crippen molar-refractivity contribution in [2.75, 3.05) is 19.5 Å². The maximum absolute atomic E-state index is 5.41. The van der Waals surface area contributed by atoms with E-state index >= 15 is 0 Å². The summed E-state index contributed by atoms with van der Waals surface area (Å²) in [7, 11) is 3.29. The van der Waals surface area contributed by atoms with Crippen molar-refractivity contribution in [3.8, 4) is 11.5 Å². The Morgan fingerprint density at radius 1 is 1.16 bits per heavy atom. The average Bonchev–Trinajstić information content (AvgIpc) is 2.45. The minimum atomic E-state index is 0.660. The van der Waals surface area contributed by atoms with Gasteiger partial charge in [-0.2, -0.15) is 0 Å². The molecule has 4 nitrogen and oxygen atoms in total. The first-order valence-corrected chi connectivity index (χ1v) is 6.10. The summed E-state index contributed by atoms with van der Waals surface area (Å²) in [6.45, 7) is 2.71. The molecule has 0 amide bonds. The molecule has 1 heterocycles. The Labute approximate surface area is 113 Å². The number of nitrogens with one attached hydrogen (secondary N) is 1. The average molecular weight is 258 g/mol. The fraction of sp³-hybridized carbons (Fsp3) is 0.267. The number of hydrogen-bond acceptors (Lipinski definition) is 4. The number of aromatic nitrogens is 1. The number of anilines is 1. The Hall–Kier alpha value is -2.23. The van der Waals surface area contributed by atoms with Crippen LogP contribution >= 0.6 is 0 Å².